The predicted octanol–water partition coefficient (Wildman–Crippen LogP) is 1.77. The van der Waals surface area contributed by atoms with Gasteiger partial charge < -0.3 is 20.1 Å². The maximum Gasteiger partial charge on any atom is 0.254 e. The molecule has 1 atom stereocenters. The maximum absolute atomic E-state index is 12.3. The Labute approximate surface area is 125 Å². The quantitative estimate of drug-likeness (QED) is 0.839. The van der Waals surface area contributed by atoms with Gasteiger partial charge in [0.2, 0.25) is 6.79 Å². The van der Waals surface area contributed by atoms with Gasteiger partial charge in [0.25, 0.3) is 5.91 Å². The molecule has 7 heteroatoms. The van der Waals surface area contributed by atoms with Gasteiger partial charge >= 0.3 is 0 Å². The molecule has 3 rings (SSSR count). The monoisotopic (exact) mass is 348 g/mol. The van der Waals surface area contributed by atoms with Crippen molar-refractivity contribution in [2.24, 2.45) is 5.73 Å². The van der Waals surface area contributed by atoms with Crippen LogP contribution in [0.25, 0.3) is 0 Å². The zero-order chi connectivity index (χ0) is 12.7. The first-order valence-electron chi connectivity index (χ1n) is 5.79. The van der Waals surface area contributed by atoms with E-state index in [0.29, 0.717) is 30.2 Å². The van der Waals surface area contributed by atoms with Crippen molar-refractivity contribution in [2.75, 3.05) is 19.9 Å². The summed E-state index contributed by atoms with van der Waals surface area (Å²) >= 11 is 3.39. The van der Waals surface area contributed by atoms with Gasteiger partial charge in [-0.3, -0.25) is 4.79 Å². The number of nitrogens with two attached hydrogens (primary N) is 1. The molecule has 2 N–H and O–H groups in total. The van der Waals surface area contributed by atoms with Gasteiger partial charge in [-0.2, -0.15) is 0 Å². The molecule has 1 amide bonds. The largest absolute Gasteiger partial charge is 0.454 e. The lowest BCUT2D eigenvalue weighted by atomic mass is 10.2. The number of ether oxygens (including phenoxy) is 2. The fraction of sp³-hybridized carbons (Fsp3) is 0.417. The fourth-order valence-electron chi connectivity index (χ4n) is 2.25. The number of nitrogens with zero attached hydrogens (tertiary/aromatic N) is 1. The van der Waals surface area contributed by atoms with Crippen molar-refractivity contribution in [1.82, 2.24) is 4.90 Å². The second-order valence-corrected chi connectivity index (χ2v) is 5.35. The summed E-state index contributed by atoms with van der Waals surface area (Å²) in [6.45, 7) is 1.52. The molecule has 104 valence electrons. The lowest BCUT2D eigenvalue weighted by molar-refractivity contribution is 0.0790. The summed E-state index contributed by atoms with van der Waals surface area (Å²) in [7, 11) is 0. The Morgan fingerprint density at radius 2 is 2.21 bits per heavy atom. The third kappa shape index (κ3) is 2.66. The number of hydrogen-bond donors (Lipinski definition) is 1. The smallest absolute Gasteiger partial charge is 0.254 e. The number of likely N-dealkylation sites (tertiary alicyclic amines) is 1. The van der Waals surface area contributed by atoms with Crippen LogP contribution in [0.15, 0.2) is 16.6 Å². The molecule has 2 aliphatic rings. The highest BCUT2D eigenvalue weighted by molar-refractivity contribution is 9.10. The van der Waals surface area contributed by atoms with Crippen LogP contribution >= 0.6 is 28.3 Å². The molecule has 1 fully saturated rings. The third-order valence-corrected chi connectivity index (χ3v) is 3.78. The van der Waals surface area contributed by atoms with Gasteiger partial charge in [-0.25, -0.2) is 0 Å². The van der Waals surface area contributed by atoms with Gasteiger partial charge in [0.15, 0.2) is 11.5 Å². The molecule has 2 aliphatic heterocycles. The maximum atomic E-state index is 12.3. The second kappa shape index (κ2) is 5.56. The van der Waals surface area contributed by atoms with E-state index in [9.17, 15) is 4.79 Å². The summed E-state index contributed by atoms with van der Waals surface area (Å²) in [4.78, 5) is 14.1. The highest BCUT2D eigenvalue weighted by Gasteiger charge is 2.27. The van der Waals surface area contributed by atoms with Gasteiger partial charge in [0.05, 0.1) is 4.47 Å². The molecule has 2 heterocycles. The summed E-state index contributed by atoms with van der Waals surface area (Å²) in [5, 5.41) is 0. The minimum absolute atomic E-state index is 0. The zero-order valence-electron chi connectivity index (χ0n) is 10.1. The van der Waals surface area contributed by atoms with E-state index in [4.69, 9.17) is 15.2 Å². The molecule has 0 aromatic heterocycles. The molecule has 0 spiro atoms. The molecule has 19 heavy (non-hydrogen) atoms. The van der Waals surface area contributed by atoms with Crippen molar-refractivity contribution in [1.29, 1.82) is 0 Å². The van der Waals surface area contributed by atoms with Crippen LogP contribution in [0.3, 0.4) is 0 Å². The van der Waals surface area contributed by atoms with Gasteiger partial charge in [0, 0.05) is 24.7 Å². The van der Waals surface area contributed by atoms with E-state index < -0.39 is 0 Å². The molecule has 5 nitrogen and oxygen atoms in total. The molecule has 0 bridgehead atoms. The second-order valence-electron chi connectivity index (χ2n) is 4.49. The van der Waals surface area contributed by atoms with Gasteiger partial charge in [-0.05, 0) is 34.5 Å². The molecule has 1 aromatic carbocycles. The average molecular weight is 350 g/mol. The summed E-state index contributed by atoms with van der Waals surface area (Å²) in [5.41, 5.74) is 6.41. The van der Waals surface area contributed by atoms with Crippen molar-refractivity contribution in [3.05, 3.63) is 22.2 Å². The molecule has 0 saturated carbocycles. The van der Waals surface area contributed by atoms with E-state index >= 15 is 0 Å². The minimum Gasteiger partial charge on any atom is -0.454 e. The van der Waals surface area contributed by atoms with Crippen molar-refractivity contribution >= 4 is 34.2 Å². The topological polar surface area (TPSA) is 64.8 Å². The molecule has 1 unspecified atom stereocenters. The van der Waals surface area contributed by atoms with Gasteiger partial charge in [-0.1, -0.05) is 0 Å². The number of amides is 1. The molecule has 0 radical (unpaired) electrons. The van der Waals surface area contributed by atoms with Crippen LogP contribution in [-0.4, -0.2) is 36.7 Å². The standard InChI is InChI=1S/C12H13BrN2O3.ClH/c13-9-3-7(4-10-11(9)18-6-17-10)12(16)15-2-1-8(14)5-15;/h3-4,8H,1-2,5-6,14H2;1H. The Bertz CT molecular complexity index is 512. The van der Waals surface area contributed by atoms with Crippen molar-refractivity contribution in [3.8, 4) is 11.5 Å². The predicted molar refractivity (Wildman–Crippen MR) is 76.0 cm³/mol. The number of benzene rings is 1. The Balaban J connectivity index is 0.00000133. The molecule has 1 aromatic rings. The van der Waals surface area contributed by atoms with Gasteiger partial charge in [0.1, 0.15) is 0 Å². The van der Waals surface area contributed by atoms with Crippen LogP contribution in [0.2, 0.25) is 0 Å². The Morgan fingerprint density at radius 1 is 1.42 bits per heavy atom. The van der Waals surface area contributed by atoms with Gasteiger partial charge in [-0.15, -0.1) is 12.4 Å². The minimum atomic E-state index is -0.0121. The van der Waals surface area contributed by atoms with Crippen molar-refractivity contribution in [2.45, 2.75) is 12.5 Å². The molecular weight excluding hydrogens is 336 g/mol. The lowest BCUT2D eigenvalue weighted by Crippen LogP contribution is -2.31. The number of hydrogen-bond acceptors (Lipinski definition) is 4. The summed E-state index contributed by atoms with van der Waals surface area (Å²) in [6.07, 6.45) is 0.859. The highest BCUT2D eigenvalue weighted by Crippen LogP contribution is 2.40. The first kappa shape index (κ1) is 14.4. The first-order chi connectivity index (χ1) is 8.65. The fourth-order valence-corrected chi connectivity index (χ4v) is 2.80. The number of carbonyl (C=O) groups is 1. The first-order valence-corrected chi connectivity index (χ1v) is 6.58. The summed E-state index contributed by atoms with van der Waals surface area (Å²) < 4.78 is 11.3. The normalized spacial score (nSPS) is 20.3. The van der Waals surface area contributed by atoms with Crippen LogP contribution in [0, 0.1) is 0 Å². The summed E-state index contributed by atoms with van der Waals surface area (Å²) in [5.74, 6) is 1.25. The lowest BCUT2D eigenvalue weighted by Gasteiger charge is -2.16. The van der Waals surface area contributed by atoms with Crippen LogP contribution in [0.1, 0.15) is 16.8 Å². The SMILES string of the molecule is Cl.NC1CCN(C(=O)c2cc(Br)c3c(c2)OCO3)C1. The zero-order valence-corrected chi connectivity index (χ0v) is 12.5. The van der Waals surface area contributed by atoms with Crippen LogP contribution in [0.4, 0.5) is 0 Å². The van der Waals surface area contributed by atoms with Crippen LogP contribution < -0.4 is 15.2 Å². The number of halogens is 2. The van der Waals surface area contributed by atoms with Crippen LogP contribution in [0.5, 0.6) is 11.5 Å². The number of fused-ring (bicyclic) bond motifs is 1. The van der Waals surface area contributed by atoms with E-state index in [-0.39, 0.29) is 31.1 Å². The van der Waals surface area contributed by atoms with Crippen LogP contribution in [-0.2, 0) is 0 Å². The van der Waals surface area contributed by atoms with E-state index in [1.54, 1.807) is 17.0 Å². The molecular formula is C12H14BrClN2O3. The van der Waals surface area contributed by atoms with E-state index in [2.05, 4.69) is 15.9 Å². The number of rotatable bonds is 1. The third-order valence-electron chi connectivity index (χ3n) is 3.19. The van der Waals surface area contributed by atoms with Crippen molar-refractivity contribution in [3.63, 3.8) is 0 Å². The highest BCUT2D eigenvalue weighted by atomic mass is 79.9. The Hall–Kier alpha value is -0.980. The van der Waals surface area contributed by atoms with E-state index in [1.807, 2.05) is 0 Å². The molecule has 1 saturated heterocycles. The number of carbonyl (C=O) groups excluding carboxylic acids is 1. The van der Waals surface area contributed by atoms with E-state index in [1.165, 1.54) is 0 Å². The average Bonchev–Trinajstić information content (AvgIpc) is 2.96. The van der Waals surface area contributed by atoms with E-state index in [0.717, 1.165) is 10.9 Å². The summed E-state index contributed by atoms with van der Waals surface area (Å²) in [6, 6.07) is 3.57. The Kier molecular flexibility index (Phi) is 4.23. The Morgan fingerprint density at radius 3 is 2.89 bits per heavy atom. The van der Waals surface area contributed by atoms with Crippen molar-refractivity contribution < 1.29 is 14.3 Å². The molecule has 0 aliphatic carbocycles.